The smallest absolute Gasteiger partial charge is 0.239 e. The van der Waals surface area contributed by atoms with Gasteiger partial charge in [-0.25, -0.2) is 0 Å². The van der Waals surface area contributed by atoms with Gasteiger partial charge in [0.2, 0.25) is 5.91 Å². The first-order chi connectivity index (χ1) is 12.2. The molecule has 0 aromatic heterocycles. The summed E-state index contributed by atoms with van der Waals surface area (Å²) in [6.45, 7) is 0. The summed E-state index contributed by atoms with van der Waals surface area (Å²) >= 11 is 7.52. The Labute approximate surface area is 155 Å². The molecule has 1 aliphatic heterocycles. The van der Waals surface area contributed by atoms with Gasteiger partial charge in [0, 0.05) is 5.02 Å². The number of nitrogens with zero attached hydrogens (tertiary/aromatic N) is 2. The highest BCUT2D eigenvalue weighted by Gasteiger charge is 2.30. The molecule has 1 aliphatic rings. The van der Waals surface area contributed by atoms with Crippen LogP contribution in [-0.2, 0) is 11.2 Å². The number of carbonyl (C=O) groups is 1. The Balaban J connectivity index is 1.62. The molecule has 25 heavy (non-hydrogen) atoms. The predicted octanol–water partition coefficient (Wildman–Crippen LogP) is 3.51. The molecular formula is C18H16ClN3O2S. The summed E-state index contributed by atoms with van der Waals surface area (Å²) in [6.07, 6.45) is 2.18. The normalized spacial score (nSPS) is 18.7. The van der Waals surface area contributed by atoms with Gasteiger partial charge in [0.25, 0.3) is 0 Å². The largest absolute Gasteiger partial charge is 0.497 e. The maximum Gasteiger partial charge on any atom is 0.239 e. The molecule has 1 amide bonds. The Morgan fingerprint density at radius 2 is 2.00 bits per heavy atom. The number of amides is 1. The lowest BCUT2D eigenvalue weighted by Gasteiger charge is -2.06. The van der Waals surface area contributed by atoms with E-state index in [2.05, 4.69) is 15.5 Å². The molecule has 0 spiro atoms. The number of nitrogens with one attached hydrogen (secondary N) is 1. The number of amidine groups is 1. The summed E-state index contributed by atoms with van der Waals surface area (Å²) in [6, 6.07) is 15.0. The van der Waals surface area contributed by atoms with Crippen molar-refractivity contribution in [3.05, 3.63) is 64.7 Å². The van der Waals surface area contributed by atoms with Crippen LogP contribution < -0.4 is 10.1 Å². The average molecular weight is 374 g/mol. The molecule has 3 rings (SSSR count). The van der Waals surface area contributed by atoms with Gasteiger partial charge in [0.15, 0.2) is 5.17 Å². The predicted molar refractivity (Wildman–Crippen MR) is 103 cm³/mol. The minimum absolute atomic E-state index is 0.0803. The lowest BCUT2D eigenvalue weighted by Crippen LogP contribution is -2.26. The van der Waals surface area contributed by atoms with E-state index in [0.29, 0.717) is 16.6 Å². The highest BCUT2D eigenvalue weighted by Crippen LogP contribution is 2.26. The number of methoxy groups -OCH3 is 1. The number of hydrogen-bond acceptors (Lipinski definition) is 5. The van der Waals surface area contributed by atoms with Crippen LogP contribution in [0.5, 0.6) is 5.75 Å². The SMILES string of the molecule is COc1ccc(/C=N/N=C2\NC(=O)C(Cc3ccccc3Cl)S2)cc1. The van der Waals surface area contributed by atoms with Crippen LogP contribution in [0.25, 0.3) is 0 Å². The van der Waals surface area contributed by atoms with Crippen LogP contribution in [0.4, 0.5) is 0 Å². The second-order valence-electron chi connectivity index (χ2n) is 5.31. The van der Waals surface area contributed by atoms with Crippen molar-refractivity contribution in [2.24, 2.45) is 10.2 Å². The van der Waals surface area contributed by atoms with Crippen LogP contribution in [0.1, 0.15) is 11.1 Å². The first-order valence-electron chi connectivity index (χ1n) is 7.61. The van der Waals surface area contributed by atoms with Gasteiger partial charge in [0.05, 0.1) is 18.6 Å². The van der Waals surface area contributed by atoms with Gasteiger partial charge in [0.1, 0.15) is 5.75 Å². The number of ether oxygens (including phenoxy) is 1. The van der Waals surface area contributed by atoms with E-state index in [0.717, 1.165) is 16.9 Å². The summed E-state index contributed by atoms with van der Waals surface area (Å²) in [7, 11) is 1.62. The summed E-state index contributed by atoms with van der Waals surface area (Å²) in [5, 5.41) is 11.8. The van der Waals surface area contributed by atoms with Crippen LogP contribution in [0, 0.1) is 0 Å². The third-order valence-electron chi connectivity index (χ3n) is 3.61. The monoisotopic (exact) mass is 373 g/mol. The second kappa shape index (κ2) is 8.18. The number of hydrogen-bond donors (Lipinski definition) is 1. The van der Waals surface area contributed by atoms with Crippen molar-refractivity contribution in [3.63, 3.8) is 0 Å². The van der Waals surface area contributed by atoms with Crippen molar-refractivity contribution in [3.8, 4) is 5.75 Å². The molecule has 5 nitrogen and oxygen atoms in total. The van der Waals surface area contributed by atoms with Crippen molar-refractivity contribution in [2.75, 3.05) is 7.11 Å². The first-order valence-corrected chi connectivity index (χ1v) is 8.87. The molecule has 1 atom stereocenters. The first kappa shape index (κ1) is 17.5. The molecule has 0 radical (unpaired) electrons. The number of rotatable bonds is 5. The Kier molecular flexibility index (Phi) is 5.73. The van der Waals surface area contributed by atoms with E-state index in [1.165, 1.54) is 11.8 Å². The van der Waals surface area contributed by atoms with E-state index in [1.807, 2.05) is 48.5 Å². The lowest BCUT2D eigenvalue weighted by atomic mass is 10.1. The van der Waals surface area contributed by atoms with Crippen molar-refractivity contribution in [2.45, 2.75) is 11.7 Å². The Morgan fingerprint density at radius 3 is 2.72 bits per heavy atom. The Hall–Kier alpha value is -2.31. The molecule has 128 valence electrons. The molecule has 1 heterocycles. The number of carbonyl (C=O) groups excluding carboxylic acids is 1. The van der Waals surface area contributed by atoms with Gasteiger partial charge < -0.3 is 10.1 Å². The zero-order chi connectivity index (χ0) is 17.6. The van der Waals surface area contributed by atoms with Gasteiger partial charge in [-0.15, -0.1) is 5.10 Å². The highest BCUT2D eigenvalue weighted by atomic mass is 35.5. The summed E-state index contributed by atoms with van der Waals surface area (Å²) < 4.78 is 5.10. The van der Waals surface area contributed by atoms with Gasteiger partial charge >= 0.3 is 0 Å². The van der Waals surface area contributed by atoms with E-state index in [-0.39, 0.29) is 11.2 Å². The summed E-state index contributed by atoms with van der Waals surface area (Å²) in [4.78, 5) is 12.1. The van der Waals surface area contributed by atoms with Gasteiger partial charge in [-0.2, -0.15) is 5.10 Å². The van der Waals surface area contributed by atoms with Crippen molar-refractivity contribution < 1.29 is 9.53 Å². The third-order valence-corrected chi connectivity index (χ3v) is 5.05. The quantitative estimate of drug-likeness (QED) is 0.644. The maximum absolute atomic E-state index is 12.1. The average Bonchev–Trinajstić information content (AvgIpc) is 2.97. The molecule has 0 saturated carbocycles. The number of halogens is 1. The topological polar surface area (TPSA) is 63.1 Å². The Morgan fingerprint density at radius 1 is 1.24 bits per heavy atom. The molecule has 7 heteroatoms. The second-order valence-corrected chi connectivity index (χ2v) is 6.91. The number of thioether (sulfide) groups is 1. The summed E-state index contributed by atoms with van der Waals surface area (Å²) in [5.74, 6) is 0.702. The van der Waals surface area contributed by atoms with Crippen molar-refractivity contribution in [1.29, 1.82) is 0 Å². The van der Waals surface area contributed by atoms with E-state index in [9.17, 15) is 4.79 Å². The van der Waals surface area contributed by atoms with E-state index in [4.69, 9.17) is 16.3 Å². The molecule has 2 aromatic carbocycles. The molecule has 1 unspecified atom stereocenters. The van der Waals surface area contributed by atoms with Crippen molar-refractivity contribution in [1.82, 2.24) is 5.32 Å². The standard InChI is InChI=1S/C18H16ClN3O2S/c1-24-14-8-6-12(7-9-14)11-20-22-18-21-17(23)16(25-18)10-13-4-2-3-5-15(13)19/h2-9,11,16H,10H2,1H3,(H,21,22,23)/b20-11+. The van der Waals surface area contributed by atoms with E-state index < -0.39 is 0 Å². The van der Waals surface area contributed by atoms with Crippen LogP contribution >= 0.6 is 23.4 Å². The lowest BCUT2D eigenvalue weighted by molar-refractivity contribution is -0.118. The van der Waals surface area contributed by atoms with Crippen LogP contribution in [0.2, 0.25) is 5.02 Å². The molecule has 1 N–H and O–H groups in total. The minimum atomic E-state index is -0.255. The van der Waals surface area contributed by atoms with Gasteiger partial charge in [-0.1, -0.05) is 41.6 Å². The molecule has 2 aromatic rings. The van der Waals surface area contributed by atoms with Gasteiger partial charge in [-0.05, 0) is 47.9 Å². The van der Waals surface area contributed by atoms with E-state index >= 15 is 0 Å². The molecule has 1 saturated heterocycles. The zero-order valence-electron chi connectivity index (χ0n) is 13.5. The molecule has 1 fully saturated rings. The molecule has 0 bridgehead atoms. The highest BCUT2D eigenvalue weighted by molar-refractivity contribution is 8.15. The fourth-order valence-corrected chi connectivity index (χ4v) is 3.45. The fourth-order valence-electron chi connectivity index (χ4n) is 2.29. The third kappa shape index (κ3) is 4.61. The summed E-state index contributed by atoms with van der Waals surface area (Å²) in [5.41, 5.74) is 1.84. The fraction of sp³-hybridized carbons (Fsp3) is 0.167. The van der Waals surface area contributed by atoms with E-state index in [1.54, 1.807) is 13.3 Å². The zero-order valence-corrected chi connectivity index (χ0v) is 15.1. The van der Waals surface area contributed by atoms with Crippen LogP contribution in [-0.4, -0.2) is 29.6 Å². The molecular weight excluding hydrogens is 358 g/mol. The van der Waals surface area contributed by atoms with Crippen molar-refractivity contribution >= 4 is 40.7 Å². The minimum Gasteiger partial charge on any atom is -0.497 e. The molecule has 0 aliphatic carbocycles. The van der Waals surface area contributed by atoms with Crippen LogP contribution in [0.15, 0.2) is 58.7 Å². The van der Waals surface area contributed by atoms with Gasteiger partial charge in [-0.3, -0.25) is 4.79 Å². The maximum atomic E-state index is 12.1. The number of benzene rings is 2. The van der Waals surface area contributed by atoms with Crippen LogP contribution in [0.3, 0.4) is 0 Å². The Bertz CT molecular complexity index is 821.